The minimum Gasteiger partial charge on any atom is -0.244 e. The van der Waals surface area contributed by atoms with Crippen molar-refractivity contribution in [2.75, 3.05) is 0 Å². The molecule has 0 fully saturated rings. The molecule has 0 radical (unpaired) electrons. The van der Waals surface area contributed by atoms with Crippen LogP contribution in [0.4, 0.5) is 0 Å². The molecule has 1 aromatic heterocycles. The highest BCUT2D eigenvalue weighted by molar-refractivity contribution is 5.81. The van der Waals surface area contributed by atoms with Crippen molar-refractivity contribution in [3.63, 3.8) is 0 Å². The molecule has 0 aliphatic rings. The molecule has 0 amide bonds. The van der Waals surface area contributed by atoms with Gasteiger partial charge in [-0.25, -0.2) is 9.97 Å². The maximum atomic E-state index is 4.25. The van der Waals surface area contributed by atoms with Crippen LogP contribution in [0.5, 0.6) is 0 Å². The number of hydrogen-bond acceptors (Lipinski definition) is 2. The summed E-state index contributed by atoms with van der Waals surface area (Å²) in [5.41, 5.74) is 2.39. The molecule has 14 heavy (non-hydrogen) atoms. The smallest absolute Gasteiger partial charge is 0.116 e. The zero-order valence-electron chi connectivity index (χ0n) is 8.57. The molecule has 2 heteroatoms. The van der Waals surface area contributed by atoms with Crippen molar-refractivity contribution in [2.45, 2.75) is 26.2 Å². The molecule has 1 aromatic carbocycles. The van der Waals surface area contributed by atoms with E-state index in [0.717, 1.165) is 11.9 Å². The van der Waals surface area contributed by atoms with Crippen molar-refractivity contribution in [3.8, 4) is 0 Å². The maximum absolute atomic E-state index is 4.25. The van der Waals surface area contributed by atoms with Crippen LogP contribution in [0, 0.1) is 0 Å². The Morgan fingerprint density at radius 2 is 2.21 bits per heavy atom. The summed E-state index contributed by atoms with van der Waals surface area (Å²) in [6.07, 6.45) is 4.65. The van der Waals surface area contributed by atoms with E-state index in [0.29, 0.717) is 5.92 Å². The van der Waals surface area contributed by atoms with Crippen molar-refractivity contribution in [3.05, 3.63) is 36.3 Å². The van der Waals surface area contributed by atoms with Gasteiger partial charge in [-0.1, -0.05) is 26.0 Å². The van der Waals surface area contributed by atoms with E-state index in [1.165, 1.54) is 10.9 Å². The molecule has 1 heterocycles. The molecular weight excluding hydrogens is 172 g/mol. The van der Waals surface area contributed by atoms with Gasteiger partial charge in [0.15, 0.2) is 0 Å². The highest BCUT2D eigenvalue weighted by Crippen LogP contribution is 2.25. The van der Waals surface area contributed by atoms with E-state index >= 15 is 0 Å². The maximum Gasteiger partial charge on any atom is 0.116 e. The van der Waals surface area contributed by atoms with E-state index in [4.69, 9.17) is 0 Å². The van der Waals surface area contributed by atoms with Crippen LogP contribution in [0.3, 0.4) is 0 Å². The van der Waals surface area contributed by atoms with E-state index < -0.39 is 0 Å². The highest BCUT2D eigenvalue weighted by Gasteiger charge is 2.07. The van der Waals surface area contributed by atoms with E-state index in [1.807, 2.05) is 12.3 Å². The molecule has 0 saturated heterocycles. The summed E-state index contributed by atoms with van der Waals surface area (Å²) in [6, 6.07) is 6.26. The molecule has 2 nitrogen and oxygen atoms in total. The molecule has 0 saturated carbocycles. The van der Waals surface area contributed by atoms with Crippen LogP contribution in [0.2, 0.25) is 0 Å². The standard InChI is InChI=1S/C12H14N2/c1-3-9(2)10-5-4-6-12-11(10)7-13-8-14-12/h4-9H,3H2,1-2H3. The van der Waals surface area contributed by atoms with Gasteiger partial charge in [0.2, 0.25) is 0 Å². The van der Waals surface area contributed by atoms with E-state index in [9.17, 15) is 0 Å². The minimum atomic E-state index is 0.574. The lowest BCUT2D eigenvalue weighted by molar-refractivity contribution is 0.739. The lowest BCUT2D eigenvalue weighted by atomic mass is 9.95. The second-order valence-corrected chi connectivity index (χ2v) is 3.61. The largest absolute Gasteiger partial charge is 0.244 e. The number of hydrogen-bond donors (Lipinski definition) is 0. The van der Waals surface area contributed by atoms with Crippen molar-refractivity contribution < 1.29 is 0 Å². The lowest BCUT2D eigenvalue weighted by Gasteiger charge is -2.11. The summed E-state index contributed by atoms with van der Waals surface area (Å²) in [4.78, 5) is 8.33. The van der Waals surface area contributed by atoms with Crippen molar-refractivity contribution in [1.82, 2.24) is 9.97 Å². The number of rotatable bonds is 2. The highest BCUT2D eigenvalue weighted by atomic mass is 14.8. The van der Waals surface area contributed by atoms with Crippen molar-refractivity contribution in [2.24, 2.45) is 0 Å². The fourth-order valence-electron chi connectivity index (χ4n) is 1.68. The molecule has 0 aliphatic carbocycles. The molecule has 2 aromatic rings. The SMILES string of the molecule is CCC(C)c1cccc2ncncc12. The summed E-state index contributed by atoms with van der Waals surface area (Å²) >= 11 is 0. The number of benzene rings is 1. The zero-order chi connectivity index (χ0) is 9.97. The van der Waals surface area contributed by atoms with Crippen molar-refractivity contribution >= 4 is 10.9 Å². The minimum absolute atomic E-state index is 0.574. The first-order valence-corrected chi connectivity index (χ1v) is 5.01. The predicted molar refractivity (Wildman–Crippen MR) is 58.2 cm³/mol. The molecule has 2 rings (SSSR count). The molecule has 0 aliphatic heterocycles. The summed E-state index contributed by atoms with van der Waals surface area (Å²) in [5.74, 6) is 0.574. The Hall–Kier alpha value is -1.44. The molecule has 72 valence electrons. The van der Waals surface area contributed by atoms with Crippen LogP contribution in [-0.2, 0) is 0 Å². The van der Waals surface area contributed by atoms with Crippen LogP contribution in [0.25, 0.3) is 10.9 Å². The second kappa shape index (κ2) is 3.74. The first kappa shape index (κ1) is 9.13. The fourth-order valence-corrected chi connectivity index (χ4v) is 1.68. The van der Waals surface area contributed by atoms with Gasteiger partial charge >= 0.3 is 0 Å². The summed E-state index contributed by atoms with van der Waals surface area (Å²) in [7, 11) is 0. The predicted octanol–water partition coefficient (Wildman–Crippen LogP) is 3.14. The zero-order valence-corrected chi connectivity index (χ0v) is 8.57. The Kier molecular flexibility index (Phi) is 2.44. The normalized spacial score (nSPS) is 13.0. The number of aromatic nitrogens is 2. The Balaban J connectivity index is 2.65. The Morgan fingerprint density at radius 3 is 3.00 bits per heavy atom. The molecule has 0 bridgehead atoms. The van der Waals surface area contributed by atoms with Crippen LogP contribution in [0.15, 0.2) is 30.7 Å². The quantitative estimate of drug-likeness (QED) is 0.720. The molecule has 0 N–H and O–H groups in total. The topological polar surface area (TPSA) is 25.8 Å². The summed E-state index contributed by atoms with van der Waals surface area (Å²) in [6.45, 7) is 4.44. The second-order valence-electron chi connectivity index (χ2n) is 3.61. The average Bonchev–Trinajstić information content (AvgIpc) is 2.27. The first-order valence-electron chi connectivity index (χ1n) is 5.01. The van der Waals surface area contributed by atoms with Gasteiger partial charge in [-0.2, -0.15) is 0 Å². The van der Waals surface area contributed by atoms with Gasteiger partial charge in [-0.15, -0.1) is 0 Å². The fraction of sp³-hybridized carbons (Fsp3) is 0.333. The van der Waals surface area contributed by atoms with Gasteiger partial charge in [0.25, 0.3) is 0 Å². The van der Waals surface area contributed by atoms with Gasteiger partial charge in [0.1, 0.15) is 6.33 Å². The molecular formula is C12H14N2. The van der Waals surface area contributed by atoms with Crippen molar-refractivity contribution in [1.29, 1.82) is 0 Å². The summed E-state index contributed by atoms with van der Waals surface area (Å²) < 4.78 is 0. The van der Waals surface area contributed by atoms with Crippen LogP contribution in [-0.4, -0.2) is 9.97 Å². The van der Waals surface area contributed by atoms with Crippen LogP contribution >= 0.6 is 0 Å². The van der Waals surface area contributed by atoms with Gasteiger partial charge in [0, 0.05) is 11.6 Å². The molecule has 1 atom stereocenters. The lowest BCUT2D eigenvalue weighted by Crippen LogP contribution is -1.94. The Bertz CT molecular complexity index is 432. The van der Waals surface area contributed by atoms with Crippen LogP contribution in [0.1, 0.15) is 31.7 Å². The Labute approximate surface area is 84.0 Å². The van der Waals surface area contributed by atoms with Gasteiger partial charge in [-0.05, 0) is 24.0 Å². The Morgan fingerprint density at radius 1 is 1.36 bits per heavy atom. The van der Waals surface area contributed by atoms with Gasteiger partial charge in [-0.3, -0.25) is 0 Å². The van der Waals surface area contributed by atoms with Gasteiger partial charge in [0.05, 0.1) is 5.52 Å². The molecule has 1 unspecified atom stereocenters. The van der Waals surface area contributed by atoms with Gasteiger partial charge < -0.3 is 0 Å². The number of fused-ring (bicyclic) bond motifs is 1. The third-order valence-corrected chi connectivity index (χ3v) is 2.73. The van der Waals surface area contributed by atoms with Crippen LogP contribution < -0.4 is 0 Å². The van der Waals surface area contributed by atoms with E-state index in [-0.39, 0.29) is 0 Å². The molecule has 0 spiro atoms. The monoisotopic (exact) mass is 186 g/mol. The van der Waals surface area contributed by atoms with E-state index in [2.05, 4.69) is 35.9 Å². The summed E-state index contributed by atoms with van der Waals surface area (Å²) in [5, 5.41) is 1.18. The van der Waals surface area contributed by atoms with E-state index in [1.54, 1.807) is 6.33 Å². The third-order valence-electron chi connectivity index (χ3n) is 2.73. The third kappa shape index (κ3) is 1.48. The average molecular weight is 186 g/mol. The number of nitrogens with zero attached hydrogens (tertiary/aromatic N) is 2. The first-order chi connectivity index (χ1) is 6.83.